The molecule has 3 rings (SSSR count). The van der Waals surface area contributed by atoms with Crippen molar-refractivity contribution in [2.24, 2.45) is 0 Å². The third kappa shape index (κ3) is 4.98. The van der Waals surface area contributed by atoms with Crippen LogP contribution in [0.1, 0.15) is 39.2 Å². The number of nitrogens with one attached hydrogen (secondary N) is 2. The van der Waals surface area contributed by atoms with Crippen molar-refractivity contribution in [3.8, 4) is 0 Å². The molecule has 2 N–H and O–H groups in total. The van der Waals surface area contributed by atoms with Gasteiger partial charge in [0.05, 0.1) is 0 Å². The number of piperidine rings is 1. The number of carbonyl (C=O) groups excluding carboxylic acids is 1. The highest BCUT2D eigenvalue weighted by molar-refractivity contribution is 5.83. The number of hydrogen-bond donors (Lipinski definition) is 2. The Morgan fingerprint density at radius 2 is 2.00 bits per heavy atom. The lowest BCUT2D eigenvalue weighted by Gasteiger charge is -2.32. The number of carbonyl (C=O) groups is 1. The molecule has 5 nitrogen and oxygen atoms in total. The zero-order valence-corrected chi connectivity index (χ0v) is 15.5. The molecule has 1 aromatic heterocycles. The molecule has 0 atom stereocenters. The summed E-state index contributed by atoms with van der Waals surface area (Å²) in [4.78, 5) is 17.7. The summed E-state index contributed by atoms with van der Waals surface area (Å²) in [6.45, 7) is 8.76. The maximum Gasteiger partial charge on any atom is 0.407 e. The van der Waals surface area contributed by atoms with Crippen LogP contribution in [-0.4, -0.2) is 47.3 Å². The number of aromatic amines is 1. The lowest BCUT2D eigenvalue weighted by molar-refractivity contribution is 0.0479. The van der Waals surface area contributed by atoms with Gasteiger partial charge >= 0.3 is 6.09 Å². The molecule has 0 aliphatic carbocycles. The monoisotopic (exact) mass is 343 g/mol. The SMILES string of the molecule is CC(C)(C)OC(=O)NC1CCN(CCc2c[nH]c3ccccc23)CC1. The van der Waals surface area contributed by atoms with Gasteiger partial charge in [-0.1, -0.05) is 18.2 Å². The molecule has 0 spiro atoms. The number of likely N-dealkylation sites (tertiary alicyclic amines) is 1. The van der Waals surface area contributed by atoms with E-state index in [0.29, 0.717) is 0 Å². The van der Waals surface area contributed by atoms with Crippen LogP contribution in [0.3, 0.4) is 0 Å². The minimum Gasteiger partial charge on any atom is -0.444 e. The highest BCUT2D eigenvalue weighted by atomic mass is 16.6. The van der Waals surface area contributed by atoms with Crippen molar-refractivity contribution in [3.05, 3.63) is 36.0 Å². The molecule has 1 aliphatic rings. The number of ether oxygens (including phenoxy) is 1. The molecule has 0 bridgehead atoms. The van der Waals surface area contributed by atoms with Crippen LogP contribution in [0.25, 0.3) is 10.9 Å². The first-order valence-corrected chi connectivity index (χ1v) is 9.17. The number of aromatic nitrogens is 1. The van der Waals surface area contributed by atoms with Crippen LogP contribution in [0.4, 0.5) is 4.79 Å². The minimum atomic E-state index is -0.440. The molecule has 2 aromatic rings. The molecule has 1 aliphatic heterocycles. The summed E-state index contributed by atoms with van der Waals surface area (Å²) in [5, 5.41) is 4.32. The first-order chi connectivity index (χ1) is 11.9. The van der Waals surface area contributed by atoms with Gasteiger partial charge in [0.2, 0.25) is 0 Å². The smallest absolute Gasteiger partial charge is 0.407 e. The van der Waals surface area contributed by atoms with E-state index >= 15 is 0 Å². The number of hydrogen-bond acceptors (Lipinski definition) is 3. The molecule has 0 unspecified atom stereocenters. The second-order valence-corrected chi connectivity index (χ2v) is 7.87. The first-order valence-electron chi connectivity index (χ1n) is 9.17. The largest absolute Gasteiger partial charge is 0.444 e. The van der Waals surface area contributed by atoms with Gasteiger partial charge in [0, 0.05) is 42.8 Å². The van der Waals surface area contributed by atoms with Crippen molar-refractivity contribution in [1.82, 2.24) is 15.2 Å². The van der Waals surface area contributed by atoms with E-state index in [1.165, 1.54) is 16.5 Å². The number of alkyl carbamates (subject to hydrolysis) is 1. The average molecular weight is 343 g/mol. The van der Waals surface area contributed by atoms with E-state index < -0.39 is 5.60 Å². The molecular formula is C20H29N3O2. The molecule has 1 amide bonds. The van der Waals surface area contributed by atoms with Crippen LogP contribution in [0.2, 0.25) is 0 Å². The third-order valence-electron chi connectivity index (χ3n) is 4.68. The summed E-state index contributed by atoms with van der Waals surface area (Å²) in [5.74, 6) is 0. The lowest BCUT2D eigenvalue weighted by atomic mass is 10.0. The fourth-order valence-electron chi connectivity index (χ4n) is 3.39. The summed E-state index contributed by atoms with van der Waals surface area (Å²) in [7, 11) is 0. The van der Waals surface area contributed by atoms with E-state index in [2.05, 4.69) is 45.7 Å². The van der Waals surface area contributed by atoms with E-state index in [1.54, 1.807) is 0 Å². The molecule has 136 valence electrons. The highest BCUT2D eigenvalue weighted by Gasteiger charge is 2.23. The fourth-order valence-corrected chi connectivity index (χ4v) is 3.39. The Balaban J connectivity index is 1.43. The van der Waals surface area contributed by atoms with Crippen molar-refractivity contribution in [2.45, 2.75) is 51.7 Å². The number of benzene rings is 1. The Hall–Kier alpha value is -2.01. The topological polar surface area (TPSA) is 57.4 Å². The van der Waals surface area contributed by atoms with E-state index in [-0.39, 0.29) is 12.1 Å². The Bertz CT molecular complexity index is 709. The molecule has 2 heterocycles. The second kappa shape index (κ2) is 7.48. The van der Waals surface area contributed by atoms with Crippen molar-refractivity contribution in [2.75, 3.05) is 19.6 Å². The van der Waals surface area contributed by atoms with E-state index in [0.717, 1.165) is 38.9 Å². The van der Waals surface area contributed by atoms with Crippen molar-refractivity contribution in [1.29, 1.82) is 0 Å². The average Bonchev–Trinajstić information content (AvgIpc) is 2.96. The van der Waals surface area contributed by atoms with E-state index in [1.807, 2.05) is 20.8 Å². The van der Waals surface area contributed by atoms with Crippen LogP contribution >= 0.6 is 0 Å². The first kappa shape index (κ1) is 17.8. The summed E-state index contributed by atoms with van der Waals surface area (Å²) in [5.41, 5.74) is 2.15. The molecule has 1 saturated heterocycles. The second-order valence-electron chi connectivity index (χ2n) is 7.87. The predicted molar refractivity (Wildman–Crippen MR) is 101 cm³/mol. The number of nitrogens with zero attached hydrogens (tertiary/aromatic N) is 1. The number of H-pyrrole nitrogens is 1. The number of rotatable bonds is 4. The fraction of sp³-hybridized carbons (Fsp3) is 0.550. The summed E-state index contributed by atoms with van der Waals surface area (Å²) in [6, 6.07) is 8.67. The highest BCUT2D eigenvalue weighted by Crippen LogP contribution is 2.19. The normalized spacial score (nSPS) is 16.9. The molecule has 1 fully saturated rings. The van der Waals surface area contributed by atoms with Crippen molar-refractivity contribution < 1.29 is 9.53 Å². The van der Waals surface area contributed by atoms with Crippen LogP contribution < -0.4 is 5.32 Å². The van der Waals surface area contributed by atoms with Crippen molar-refractivity contribution >= 4 is 17.0 Å². The third-order valence-corrected chi connectivity index (χ3v) is 4.68. The zero-order chi connectivity index (χ0) is 17.9. The Morgan fingerprint density at radius 3 is 2.72 bits per heavy atom. The van der Waals surface area contributed by atoms with Gasteiger partial charge in [-0.25, -0.2) is 4.79 Å². The van der Waals surface area contributed by atoms with Crippen LogP contribution in [0, 0.1) is 0 Å². The van der Waals surface area contributed by atoms with Gasteiger partial charge in [0.25, 0.3) is 0 Å². The van der Waals surface area contributed by atoms with Crippen LogP contribution in [0.5, 0.6) is 0 Å². The molecule has 25 heavy (non-hydrogen) atoms. The predicted octanol–water partition coefficient (Wildman–Crippen LogP) is 3.70. The zero-order valence-electron chi connectivity index (χ0n) is 15.5. The molecular weight excluding hydrogens is 314 g/mol. The number of para-hydroxylation sites is 1. The van der Waals surface area contributed by atoms with Gasteiger partial charge in [0.15, 0.2) is 0 Å². The van der Waals surface area contributed by atoms with Gasteiger partial charge in [-0.2, -0.15) is 0 Å². The lowest BCUT2D eigenvalue weighted by Crippen LogP contribution is -2.46. The van der Waals surface area contributed by atoms with Crippen LogP contribution in [0.15, 0.2) is 30.5 Å². The summed E-state index contributed by atoms with van der Waals surface area (Å²) < 4.78 is 5.34. The standard InChI is InChI=1S/C20H29N3O2/c1-20(2,3)25-19(24)22-16-9-12-23(13-10-16)11-8-15-14-21-18-7-5-4-6-17(15)18/h4-7,14,16,21H,8-13H2,1-3H3,(H,22,24). The Labute approximate surface area is 149 Å². The molecule has 5 heteroatoms. The van der Waals surface area contributed by atoms with Gasteiger partial charge in [-0.3, -0.25) is 0 Å². The molecule has 0 saturated carbocycles. The van der Waals surface area contributed by atoms with Gasteiger partial charge < -0.3 is 19.9 Å². The number of fused-ring (bicyclic) bond motifs is 1. The van der Waals surface area contributed by atoms with Gasteiger partial charge in [-0.15, -0.1) is 0 Å². The van der Waals surface area contributed by atoms with Crippen molar-refractivity contribution in [3.63, 3.8) is 0 Å². The molecule has 0 radical (unpaired) electrons. The molecule has 1 aromatic carbocycles. The van der Waals surface area contributed by atoms with E-state index in [9.17, 15) is 4.79 Å². The minimum absolute atomic E-state index is 0.221. The Kier molecular flexibility index (Phi) is 5.33. The van der Waals surface area contributed by atoms with Crippen LogP contribution in [-0.2, 0) is 11.2 Å². The quantitative estimate of drug-likeness (QED) is 0.890. The number of amides is 1. The maximum absolute atomic E-state index is 11.9. The maximum atomic E-state index is 11.9. The summed E-state index contributed by atoms with van der Waals surface area (Å²) >= 11 is 0. The summed E-state index contributed by atoms with van der Waals surface area (Å²) in [6.07, 6.45) is 4.83. The van der Waals surface area contributed by atoms with Gasteiger partial charge in [0.1, 0.15) is 5.60 Å². The van der Waals surface area contributed by atoms with Gasteiger partial charge in [-0.05, 0) is 51.7 Å². The van der Waals surface area contributed by atoms with E-state index in [4.69, 9.17) is 4.74 Å². The Morgan fingerprint density at radius 1 is 1.28 bits per heavy atom.